The van der Waals surface area contributed by atoms with Crippen molar-refractivity contribution in [1.29, 1.82) is 0 Å². The number of anilines is 1. The molecule has 1 aromatic carbocycles. The zero-order chi connectivity index (χ0) is 13.2. The molecule has 100 valence electrons. The van der Waals surface area contributed by atoms with Crippen LogP contribution in [-0.2, 0) is 16.0 Å². The van der Waals surface area contributed by atoms with Crippen molar-refractivity contribution >= 4 is 17.5 Å². The van der Waals surface area contributed by atoms with Crippen molar-refractivity contribution in [3.63, 3.8) is 0 Å². The molecule has 1 saturated carbocycles. The van der Waals surface area contributed by atoms with Crippen LogP contribution in [0.4, 0.5) is 5.69 Å². The number of benzene rings is 1. The summed E-state index contributed by atoms with van der Waals surface area (Å²) >= 11 is 0. The van der Waals surface area contributed by atoms with E-state index in [2.05, 4.69) is 5.32 Å². The summed E-state index contributed by atoms with van der Waals surface area (Å²) in [5, 5.41) is 2.86. The highest BCUT2D eigenvalue weighted by atomic mass is 16.2. The first-order valence-electron chi connectivity index (χ1n) is 6.96. The zero-order valence-corrected chi connectivity index (χ0v) is 10.9. The Morgan fingerprint density at radius 3 is 2.68 bits per heavy atom. The van der Waals surface area contributed by atoms with Crippen LogP contribution in [0, 0.1) is 0 Å². The van der Waals surface area contributed by atoms with Crippen molar-refractivity contribution in [2.75, 3.05) is 11.4 Å². The monoisotopic (exact) mass is 258 g/mol. The highest BCUT2D eigenvalue weighted by Gasteiger charge is 2.30. The second-order valence-electron chi connectivity index (χ2n) is 5.29. The molecule has 0 unspecified atom stereocenters. The lowest BCUT2D eigenvalue weighted by atomic mass is 10.2. The number of hydrogen-bond donors (Lipinski definition) is 1. The molecule has 2 amide bonds. The molecular formula is C15H18N2O2. The van der Waals surface area contributed by atoms with E-state index in [1.165, 1.54) is 0 Å². The molecular weight excluding hydrogens is 240 g/mol. The van der Waals surface area contributed by atoms with E-state index in [-0.39, 0.29) is 6.04 Å². The van der Waals surface area contributed by atoms with Crippen LogP contribution in [0.2, 0.25) is 0 Å². The van der Waals surface area contributed by atoms with Gasteiger partial charge in [0.1, 0.15) is 0 Å². The first-order chi connectivity index (χ1) is 9.25. The third kappa shape index (κ3) is 2.35. The van der Waals surface area contributed by atoms with Gasteiger partial charge < -0.3 is 10.2 Å². The Morgan fingerprint density at radius 1 is 1.16 bits per heavy atom. The molecule has 4 heteroatoms. The molecule has 1 N–H and O–H groups in total. The maximum Gasteiger partial charge on any atom is 0.316 e. The SMILES string of the molecule is O=C(NC1CCCC1)C(=O)N1CCc2ccccc21. The normalized spacial score (nSPS) is 18.4. The molecule has 2 aliphatic rings. The lowest BCUT2D eigenvalue weighted by Crippen LogP contribution is -2.45. The minimum atomic E-state index is -0.455. The molecule has 1 fully saturated rings. The Bertz CT molecular complexity index is 507. The number of carbonyl (C=O) groups is 2. The van der Waals surface area contributed by atoms with Crippen LogP contribution in [0.3, 0.4) is 0 Å². The zero-order valence-electron chi connectivity index (χ0n) is 10.9. The Balaban J connectivity index is 1.69. The van der Waals surface area contributed by atoms with Crippen LogP contribution in [-0.4, -0.2) is 24.4 Å². The second-order valence-corrected chi connectivity index (χ2v) is 5.29. The summed E-state index contributed by atoms with van der Waals surface area (Å²) in [6.45, 7) is 0.607. The molecule has 1 aliphatic carbocycles. The molecule has 19 heavy (non-hydrogen) atoms. The van der Waals surface area contributed by atoms with Crippen LogP contribution in [0.5, 0.6) is 0 Å². The van der Waals surface area contributed by atoms with Crippen molar-refractivity contribution in [2.45, 2.75) is 38.1 Å². The number of para-hydroxylation sites is 1. The van der Waals surface area contributed by atoms with Gasteiger partial charge in [-0.25, -0.2) is 0 Å². The van der Waals surface area contributed by atoms with Crippen LogP contribution in [0.25, 0.3) is 0 Å². The predicted octanol–water partition coefficient (Wildman–Crippen LogP) is 1.63. The van der Waals surface area contributed by atoms with Crippen molar-refractivity contribution in [3.8, 4) is 0 Å². The molecule has 0 bridgehead atoms. The van der Waals surface area contributed by atoms with Crippen molar-refractivity contribution in [3.05, 3.63) is 29.8 Å². The van der Waals surface area contributed by atoms with Gasteiger partial charge in [-0.15, -0.1) is 0 Å². The lowest BCUT2D eigenvalue weighted by Gasteiger charge is -2.18. The summed E-state index contributed by atoms with van der Waals surface area (Å²) in [6.07, 6.45) is 5.11. The number of fused-ring (bicyclic) bond motifs is 1. The number of nitrogens with zero attached hydrogens (tertiary/aromatic N) is 1. The van der Waals surface area contributed by atoms with Gasteiger partial charge in [0.05, 0.1) is 0 Å². The molecule has 1 aliphatic heterocycles. The first-order valence-corrected chi connectivity index (χ1v) is 6.96. The van der Waals surface area contributed by atoms with E-state index in [4.69, 9.17) is 0 Å². The Kier molecular flexibility index (Phi) is 3.23. The summed E-state index contributed by atoms with van der Waals surface area (Å²) in [4.78, 5) is 25.8. The van der Waals surface area contributed by atoms with Gasteiger partial charge in [-0.1, -0.05) is 31.0 Å². The molecule has 0 aromatic heterocycles. The third-order valence-corrected chi connectivity index (χ3v) is 4.02. The van der Waals surface area contributed by atoms with Gasteiger partial charge in [-0.3, -0.25) is 9.59 Å². The smallest absolute Gasteiger partial charge is 0.316 e. The fourth-order valence-electron chi connectivity index (χ4n) is 2.99. The largest absolute Gasteiger partial charge is 0.345 e. The predicted molar refractivity (Wildman–Crippen MR) is 72.9 cm³/mol. The summed E-state index contributed by atoms with van der Waals surface area (Å²) in [5.41, 5.74) is 2.03. The number of nitrogens with one attached hydrogen (secondary N) is 1. The van der Waals surface area contributed by atoms with Crippen LogP contribution in [0.15, 0.2) is 24.3 Å². The molecule has 0 saturated heterocycles. The average molecular weight is 258 g/mol. The van der Waals surface area contributed by atoms with Gasteiger partial charge in [0.25, 0.3) is 0 Å². The molecule has 0 spiro atoms. The maximum absolute atomic E-state index is 12.2. The Labute approximate surface area is 112 Å². The van der Waals surface area contributed by atoms with Crippen molar-refractivity contribution in [1.82, 2.24) is 5.32 Å². The fourth-order valence-corrected chi connectivity index (χ4v) is 2.99. The van der Waals surface area contributed by atoms with E-state index in [1.54, 1.807) is 4.90 Å². The van der Waals surface area contributed by atoms with Gasteiger partial charge in [0.15, 0.2) is 0 Å². The van der Waals surface area contributed by atoms with Gasteiger partial charge in [-0.05, 0) is 30.9 Å². The Morgan fingerprint density at radius 2 is 1.89 bits per heavy atom. The second kappa shape index (κ2) is 5.03. The fraction of sp³-hybridized carbons (Fsp3) is 0.467. The quantitative estimate of drug-likeness (QED) is 0.778. The summed E-state index contributed by atoms with van der Waals surface area (Å²) in [6, 6.07) is 7.97. The van der Waals surface area contributed by atoms with Gasteiger partial charge in [0, 0.05) is 18.3 Å². The number of hydrogen-bond acceptors (Lipinski definition) is 2. The number of carbonyl (C=O) groups excluding carboxylic acids is 2. The van der Waals surface area contributed by atoms with Crippen molar-refractivity contribution < 1.29 is 9.59 Å². The first kappa shape index (κ1) is 12.2. The minimum Gasteiger partial charge on any atom is -0.345 e. The van der Waals surface area contributed by atoms with E-state index >= 15 is 0 Å². The van der Waals surface area contributed by atoms with Crippen LogP contribution in [0.1, 0.15) is 31.2 Å². The lowest BCUT2D eigenvalue weighted by molar-refractivity contribution is -0.138. The van der Waals surface area contributed by atoms with E-state index in [9.17, 15) is 9.59 Å². The molecule has 1 heterocycles. The van der Waals surface area contributed by atoms with E-state index in [0.29, 0.717) is 6.54 Å². The van der Waals surface area contributed by atoms with Gasteiger partial charge in [-0.2, -0.15) is 0 Å². The van der Waals surface area contributed by atoms with E-state index < -0.39 is 11.8 Å². The summed E-state index contributed by atoms with van der Waals surface area (Å²) < 4.78 is 0. The summed E-state index contributed by atoms with van der Waals surface area (Å²) in [5.74, 6) is -0.875. The highest BCUT2D eigenvalue weighted by Crippen LogP contribution is 2.27. The maximum atomic E-state index is 12.2. The molecule has 3 rings (SSSR count). The summed E-state index contributed by atoms with van der Waals surface area (Å²) in [7, 11) is 0. The topological polar surface area (TPSA) is 49.4 Å². The number of rotatable bonds is 1. The standard InChI is InChI=1S/C15H18N2O2/c18-14(16-12-6-2-3-7-12)15(19)17-10-9-11-5-1-4-8-13(11)17/h1,4-5,8,12H,2-3,6-7,9-10H2,(H,16,18). The minimum absolute atomic E-state index is 0.189. The molecule has 0 atom stereocenters. The highest BCUT2D eigenvalue weighted by molar-refractivity contribution is 6.40. The molecule has 1 aromatic rings. The molecule has 0 radical (unpaired) electrons. The Hall–Kier alpha value is -1.84. The van der Waals surface area contributed by atoms with Crippen molar-refractivity contribution in [2.24, 2.45) is 0 Å². The average Bonchev–Trinajstić information content (AvgIpc) is 3.06. The number of amides is 2. The van der Waals surface area contributed by atoms with Crippen LogP contribution >= 0.6 is 0 Å². The van der Waals surface area contributed by atoms with Gasteiger partial charge >= 0.3 is 11.8 Å². The van der Waals surface area contributed by atoms with E-state index in [0.717, 1.165) is 43.4 Å². The third-order valence-electron chi connectivity index (χ3n) is 4.02. The van der Waals surface area contributed by atoms with Gasteiger partial charge in [0.2, 0.25) is 0 Å². The van der Waals surface area contributed by atoms with Crippen LogP contribution < -0.4 is 10.2 Å². The van der Waals surface area contributed by atoms with E-state index in [1.807, 2.05) is 24.3 Å². The molecule has 4 nitrogen and oxygen atoms in total.